The second-order valence-corrected chi connectivity index (χ2v) is 4.20. The van der Waals surface area contributed by atoms with Gasteiger partial charge < -0.3 is 5.73 Å². The van der Waals surface area contributed by atoms with Crippen LogP contribution < -0.4 is 5.73 Å². The Morgan fingerprint density at radius 3 is 2.38 bits per heavy atom. The monoisotopic (exact) mass is 186 g/mol. The third-order valence-electron chi connectivity index (χ3n) is 2.61. The standard InChI is InChI=1S/C10H20N.2CH4/c1-8-4-3-5-10(11)7-9(2)6-8;;/h8-9H,3-7,11H2,1-2H3;2*1H4. The Morgan fingerprint density at radius 2 is 1.77 bits per heavy atom. The second-order valence-electron chi connectivity index (χ2n) is 4.20. The molecule has 0 aromatic carbocycles. The molecular formula is C12H28N. The Balaban J connectivity index is 0. The number of hydrogen-bond donors (Lipinski definition) is 1. The summed E-state index contributed by atoms with van der Waals surface area (Å²) in [7, 11) is 0. The van der Waals surface area contributed by atoms with Crippen LogP contribution in [0, 0.1) is 17.9 Å². The van der Waals surface area contributed by atoms with E-state index < -0.39 is 0 Å². The largest absolute Gasteiger partial charge is 0.324 e. The molecule has 0 aromatic rings. The van der Waals surface area contributed by atoms with Crippen LogP contribution in [0.25, 0.3) is 0 Å². The lowest BCUT2D eigenvalue weighted by Crippen LogP contribution is -2.18. The van der Waals surface area contributed by atoms with E-state index in [-0.39, 0.29) is 14.9 Å². The maximum atomic E-state index is 5.86. The molecule has 2 atom stereocenters. The molecule has 2 N–H and O–H groups in total. The first kappa shape index (κ1) is 15.4. The Morgan fingerprint density at radius 1 is 1.15 bits per heavy atom. The summed E-state index contributed by atoms with van der Waals surface area (Å²) in [4.78, 5) is 0. The van der Waals surface area contributed by atoms with Crippen LogP contribution in [-0.4, -0.2) is 0 Å². The second kappa shape index (κ2) is 7.37. The van der Waals surface area contributed by atoms with Crippen LogP contribution in [0.1, 0.15) is 60.8 Å². The molecule has 0 aromatic heterocycles. The van der Waals surface area contributed by atoms with E-state index in [1.54, 1.807) is 0 Å². The van der Waals surface area contributed by atoms with Crippen LogP contribution in [0.2, 0.25) is 0 Å². The van der Waals surface area contributed by atoms with Gasteiger partial charge in [0.2, 0.25) is 0 Å². The lowest BCUT2D eigenvalue weighted by atomic mass is 9.84. The first-order valence-electron chi connectivity index (χ1n) is 4.78. The highest BCUT2D eigenvalue weighted by Gasteiger charge is 2.16. The van der Waals surface area contributed by atoms with Gasteiger partial charge in [0.1, 0.15) is 0 Å². The zero-order valence-electron chi connectivity index (χ0n) is 7.77. The van der Waals surface area contributed by atoms with E-state index in [4.69, 9.17) is 5.73 Å². The number of hydrogen-bond acceptors (Lipinski definition) is 1. The van der Waals surface area contributed by atoms with Gasteiger partial charge in [0, 0.05) is 6.04 Å². The molecule has 0 heterocycles. The van der Waals surface area contributed by atoms with Crippen LogP contribution in [-0.2, 0) is 0 Å². The number of nitrogens with two attached hydrogens (primary N) is 1. The SMILES string of the molecule is C.C.CC1CCC[C](N)CC(C)C1. The molecule has 0 amide bonds. The van der Waals surface area contributed by atoms with Gasteiger partial charge >= 0.3 is 0 Å². The molecule has 0 aliphatic heterocycles. The molecule has 0 bridgehead atoms. The summed E-state index contributed by atoms with van der Waals surface area (Å²) < 4.78 is 0. The van der Waals surface area contributed by atoms with E-state index in [0.717, 1.165) is 24.7 Å². The van der Waals surface area contributed by atoms with Crippen molar-refractivity contribution >= 4 is 0 Å². The van der Waals surface area contributed by atoms with Crippen molar-refractivity contribution < 1.29 is 0 Å². The van der Waals surface area contributed by atoms with Crippen molar-refractivity contribution in [3.05, 3.63) is 6.04 Å². The molecule has 1 nitrogen and oxygen atoms in total. The van der Waals surface area contributed by atoms with Gasteiger partial charge in [-0.25, -0.2) is 0 Å². The summed E-state index contributed by atoms with van der Waals surface area (Å²) in [5, 5.41) is 0. The molecule has 1 rings (SSSR count). The number of rotatable bonds is 0. The van der Waals surface area contributed by atoms with E-state index in [1.807, 2.05) is 0 Å². The fraction of sp³-hybridized carbons (Fsp3) is 0.917. The summed E-state index contributed by atoms with van der Waals surface area (Å²) in [6, 6.07) is 1.23. The summed E-state index contributed by atoms with van der Waals surface area (Å²) in [5.74, 6) is 1.73. The highest BCUT2D eigenvalue weighted by Crippen LogP contribution is 2.27. The third-order valence-corrected chi connectivity index (χ3v) is 2.61. The topological polar surface area (TPSA) is 26.0 Å². The fourth-order valence-electron chi connectivity index (χ4n) is 2.12. The lowest BCUT2D eigenvalue weighted by molar-refractivity contribution is 0.342. The maximum absolute atomic E-state index is 5.86. The van der Waals surface area contributed by atoms with Crippen molar-refractivity contribution in [2.24, 2.45) is 17.6 Å². The molecule has 2 unspecified atom stereocenters. The minimum absolute atomic E-state index is 0. The predicted molar refractivity (Wildman–Crippen MR) is 62.3 cm³/mol. The maximum Gasteiger partial charge on any atom is 0.0339 e. The van der Waals surface area contributed by atoms with E-state index in [1.165, 1.54) is 25.3 Å². The lowest BCUT2D eigenvalue weighted by Gasteiger charge is -2.24. The van der Waals surface area contributed by atoms with E-state index in [2.05, 4.69) is 13.8 Å². The molecule has 1 saturated carbocycles. The van der Waals surface area contributed by atoms with Gasteiger partial charge in [-0.1, -0.05) is 41.5 Å². The minimum atomic E-state index is 0. The van der Waals surface area contributed by atoms with E-state index in [0.29, 0.717) is 0 Å². The van der Waals surface area contributed by atoms with Gasteiger partial charge in [0.15, 0.2) is 0 Å². The van der Waals surface area contributed by atoms with Crippen LogP contribution in [0.15, 0.2) is 0 Å². The van der Waals surface area contributed by atoms with E-state index in [9.17, 15) is 0 Å². The molecule has 1 aliphatic carbocycles. The van der Waals surface area contributed by atoms with Crippen LogP contribution in [0.3, 0.4) is 0 Å². The Hall–Kier alpha value is -0.0400. The van der Waals surface area contributed by atoms with Crippen LogP contribution in [0.4, 0.5) is 0 Å². The Bertz CT molecular complexity index is 99.7. The zero-order chi connectivity index (χ0) is 8.27. The summed E-state index contributed by atoms with van der Waals surface area (Å²) in [6.45, 7) is 4.67. The van der Waals surface area contributed by atoms with Crippen molar-refractivity contribution in [3.63, 3.8) is 0 Å². The van der Waals surface area contributed by atoms with Gasteiger partial charge in [-0.05, 0) is 31.1 Å². The molecule has 81 valence electrons. The molecule has 0 saturated heterocycles. The van der Waals surface area contributed by atoms with Crippen molar-refractivity contribution in [2.75, 3.05) is 0 Å². The summed E-state index contributed by atoms with van der Waals surface area (Å²) in [6.07, 6.45) is 6.35. The molecule has 1 heteroatoms. The van der Waals surface area contributed by atoms with Crippen LogP contribution in [0.5, 0.6) is 0 Å². The Labute approximate surface area is 85.1 Å². The Kier molecular flexibility index (Phi) is 8.75. The quantitative estimate of drug-likeness (QED) is 0.608. The molecule has 1 fully saturated rings. The minimum Gasteiger partial charge on any atom is -0.324 e. The molecule has 1 radical (unpaired) electrons. The summed E-state index contributed by atoms with van der Waals surface area (Å²) >= 11 is 0. The highest BCUT2D eigenvalue weighted by molar-refractivity contribution is 4.86. The van der Waals surface area contributed by atoms with Gasteiger partial charge in [-0.2, -0.15) is 0 Å². The predicted octanol–water partition coefficient (Wildman–Crippen LogP) is 3.99. The van der Waals surface area contributed by atoms with Gasteiger partial charge in [-0.15, -0.1) is 0 Å². The van der Waals surface area contributed by atoms with Crippen molar-refractivity contribution in [1.82, 2.24) is 0 Å². The van der Waals surface area contributed by atoms with Crippen molar-refractivity contribution in [3.8, 4) is 0 Å². The normalized spacial score (nSPS) is 30.7. The average molecular weight is 186 g/mol. The van der Waals surface area contributed by atoms with Gasteiger partial charge in [0.25, 0.3) is 0 Å². The third kappa shape index (κ3) is 6.09. The first-order valence-corrected chi connectivity index (χ1v) is 4.78. The highest BCUT2D eigenvalue weighted by atomic mass is 14.6. The van der Waals surface area contributed by atoms with Crippen LogP contribution >= 0.6 is 0 Å². The molecular weight excluding hydrogens is 158 g/mol. The fourth-order valence-corrected chi connectivity index (χ4v) is 2.12. The smallest absolute Gasteiger partial charge is 0.0339 e. The first-order chi connectivity index (χ1) is 5.18. The van der Waals surface area contributed by atoms with Crippen molar-refractivity contribution in [2.45, 2.75) is 60.8 Å². The van der Waals surface area contributed by atoms with E-state index >= 15 is 0 Å². The molecule has 1 aliphatic rings. The molecule has 0 spiro atoms. The summed E-state index contributed by atoms with van der Waals surface area (Å²) in [5.41, 5.74) is 5.86. The zero-order valence-corrected chi connectivity index (χ0v) is 7.77. The van der Waals surface area contributed by atoms with Gasteiger partial charge in [0.05, 0.1) is 0 Å². The molecule has 13 heavy (non-hydrogen) atoms. The van der Waals surface area contributed by atoms with Crippen molar-refractivity contribution in [1.29, 1.82) is 0 Å². The average Bonchev–Trinajstić information content (AvgIpc) is 1.83. The van der Waals surface area contributed by atoms with Gasteiger partial charge in [-0.3, -0.25) is 0 Å².